The lowest BCUT2D eigenvalue weighted by molar-refractivity contribution is -0.121. The topological polar surface area (TPSA) is 68.8 Å². The Bertz CT molecular complexity index is 466. The van der Waals surface area contributed by atoms with Crippen molar-refractivity contribution in [2.24, 2.45) is 0 Å². The van der Waals surface area contributed by atoms with Gasteiger partial charge in [0.05, 0.1) is 21.3 Å². The number of hydrogen-bond acceptors (Lipinski definition) is 5. The van der Waals surface area contributed by atoms with E-state index < -0.39 is 0 Å². The van der Waals surface area contributed by atoms with E-state index in [0.29, 0.717) is 30.2 Å². The molecule has 0 saturated heterocycles. The predicted molar refractivity (Wildman–Crippen MR) is 87.1 cm³/mol. The van der Waals surface area contributed by atoms with Gasteiger partial charge < -0.3 is 24.8 Å². The lowest BCUT2D eigenvalue weighted by Crippen LogP contribution is -2.32. The van der Waals surface area contributed by atoms with Crippen molar-refractivity contribution in [1.82, 2.24) is 5.32 Å². The zero-order valence-electron chi connectivity index (χ0n) is 14.0. The fraction of sp³-hybridized carbons (Fsp3) is 0.562. The number of benzene rings is 1. The number of amides is 1. The molecule has 1 atom stereocenters. The fourth-order valence-electron chi connectivity index (χ4n) is 1.95. The smallest absolute Gasteiger partial charge is 0.221 e. The monoisotopic (exact) mass is 310 g/mol. The number of methoxy groups -OCH3 is 3. The Labute approximate surface area is 132 Å². The highest BCUT2D eigenvalue weighted by molar-refractivity contribution is 5.76. The first-order valence-electron chi connectivity index (χ1n) is 7.38. The first-order valence-corrected chi connectivity index (χ1v) is 7.38. The van der Waals surface area contributed by atoms with Crippen LogP contribution in [0.5, 0.6) is 17.2 Å². The van der Waals surface area contributed by atoms with Gasteiger partial charge in [0.25, 0.3) is 0 Å². The molecule has 0 aliphatic rings. The Morgan fingerprint density at radius 1 is 1.14 bits per heavy atom. The quantitative estimate of drug-likeness (QED) is 0.733. The van der Waals surface area contributed by atoms with E-state index in [4.69, 9.17) is 14.2 Å². The van der Waals surface area contributed by atoms with Gasteiger partial charge in [0.15, 0.2) is 11.5 Å². The molecule has 0 heterocycles. The summed E-state index contributed by atoms with van der Waals surface area (Å²) in [5, 5.41) is 6.12. The number of rotatable bonds is 9. The minimum atomic E-state index is 0.0364. The van der Waals surface area contributed by atoms with E-state index in [1.54, 1.807) is 21.3 Å². The van der Waals surface area contributed by atoms with Gasteiger partial charge in [0.2, 0.25) is 11.7 Å². The van der Waals surface area contributed by atoms with Crippen LogP contribution in [0.1, 0.15) is 26.7 Å². The van der Waals surface area contributed by atoms with Gasteiger partial charge in [-0.05, 0) is 13.3 Å². The van der Waals surface area contributed by atoms with Crippen LogP contribution in [0.4, 0.5) is 5.69 Å². The summed E-state index contributed by atoms with van der Waals surface area (Å²) in [5.41, 5.74) is 0.811. The van der Waals surface area contributed by atoms with Crippen LogP contribution in [0, 0.1) is 0 Å². The number of anilines is 1. The summed E-state index contributed by atoms with van der Waals surface area (Å²) >= 11 is 0. The van der Waals surface area contributed by atoms with Crippen LogP contribution in [-0.4, -0.2) is 39.8 Å². The van der Waals surface area contributed by atoms with Gasteiger partial charge in [-0.3, -0.25) is 4.79 Å². The highest BCUT2D eigenvalue weighted by Gasteiger charge is 2.13. The second-order valence-corrected chi connectivity index (χ2v) is 4.97. The summed E-state index contributed by atoms with van der Waals surface area (Å²) in [6, 6.07) is 3.83. The fourth-order valence-corrected chi connectivity index (χ4v) is 1.95. The molecule has 6 nitrogen and oxygen atoms in total. The summed E-state index contributed by atoms with van der Waals surface area (Å²) in [5.74, 6) is 1.74. The van der Waals surface area contributed by atoms with Crippen molar-refractivity contribution in [3.05, 3.63) is 12.1 Å². The third kappa shape index (κ3) is 5.02. The predicted octanol–water partition coefficient (Wildman–Crippen LogP) is 2.43. The Morgan fingerprint density at radius 3 is 2.18 bits per heavy atom. The van der Waals surface area contributed by atoms with E-state index in [2.05, 4.69) is 10.6 Å². The summed E-state index contributed by atoms with van der Waals surface area (Å²) in [4.78, 5) is 11.7. The average molecular weight is 310 g/mol. The molecule has 0 fully saturated rings. The van der Waals surface area contributed by atoms with Crippen LogP contribution in [0.3, 0.4) is 0 Å². The lowest BCUT2D eigenvalue weighted by atomic mass is 10.2. The van der Waals surface area contributed by atoms with E-state index in [1.165, 1.54) is 0 Å². The van der Waals surface area contributed by atoms with Crippen molar-refractivity contribution in [3.63, 3.8) is 0 Å². The molecule has 0 aliphatic carbocycles. The lowest BCUT2D eigenvalue weighted by Gasteiger charge is -2.15. The van der Waals surface area contributed by atoms with Gasteiger partial charge in [-0.15, -0.1) is 0 Å². The molecule has 6 heteroatoms. The highest BCUT2D eigenvalue weighted by atomic mass is 16.5. The molecular weight excluding hydrogens is 284 g/mol. The maximum Gasteiger partial charge on any atom is 0.221 e. The normalized spacial score (nSPS) is 11.5. The summed E-state index contributed by atoms with van der Waals surface area (Å²) < 4.78 is 15.8. The first kappa shape index (κ1) is 17.9. The molecular formula is C16H26N2O4. The van der Waals surface area contributed by atoms with Gasteiger partial charge >= 0.3 is 0 Å². The molecule has 0 bridgehead atoms. The summed E-state index contributed by atoms with van der Waals surface area (Å²) in [7, 11) is 4.70. The third-order valence-electron chi connectivity index (χ3n) is 3.37. The van der Waals surface area contributed by atoms with E-state index in [-0.39, 0.29) is 11.9 Å². The van der Waals surface area contributed by atoms with Crippen molar-refractivity contribution >= 4 is 11.6 Å². The Hall–Kier alpha value is -2.11. The number of hydrogen-bond donors (Lipinski definition) is 2. The maximum absolute atomic E-state index is 11.7. The van der Waals surface area contributed by atoms with Crippen molar-refractivity contribution in [2.45, 2.75) is 32.7 Å². The molecule has 1 rings (SSSR count). The Morgan fingerprint density at radius 2 is 1.73 bits per heavy atom. The largest absolute Gasteiger partial charge is 0.493 e. The molecule has 0 saturated carbocycles. The molecule has 1 aromatic rings. The molecule has 0 aliphatic heterocycles. The maximum atomic E-state index is 11.7. The van der Waals surface area contributed by atoms with Crippen LogP contribution >= 0.6 is 0 Å². The molecule has 2 N–H and O–H groups in total. The molecule has 1 amide bonds. The highest BCUT2D eigenvalue weighted by Crippen LogP contribution is 2.39. The summed E-state index contributed by atoms with van der Waals surface area (Å²) in [6.45, 7) is 4.56. The minimum Gasteiger partial charge on any atom is -0.493 e. The number of carbonyl (C=O) groups excluding carboxylic acids is 1. The molecule has 0 radical (unpaired) electrons. The molecule has 1 aromatic carbocycles. The van der Waals surface area contributed by atoms with Gasteiger partial charge in [-0.25, -0.2) is 0 Å². The van der Waals surface area contributed by atoms with Gasteiger partial charge in [0.1, 0.15) is 0 Å². The standard InChI is InChI=1S/C16H26N2O4/c1-6-11(2)18-15(19)7-8-17-12-9-13(20-3)16(22-5)14(10-12)21-4/h9-11,17H,6-8H2,1-5H3,(H,18,19). The van der Waals surface area contributed by atoms with E-state index in [1.807, 2.05) is 26.0 Å². The van der Waals surface area contributed by atoms with Gasteiger partial charge in [-0.1, -0.05) is 6.92 Å². The van der Waals surface area contributed by atoms with Crippen molar-refractivity contribution < 1.29 is 19.0 Å². The SMILES string of the molecule is CCC(C)NC(=O)CCNc1cc(OC)c(OC)c(OC)c1. The van der Waals surface area contributed by atoms with Crippen molar-refractivity contribution in [1.29, 1.82) is 0 Å². The average Bonchev–Trinajstić information content (AvgIpc) is 2.53. The number of ether oxygens (including phenoxy) is 3. The molecule has 22 heavy (non-hydrogen) atoms. The molecule has 0 aromatic heterocycles. The van der Waals surface area contributed by atoms with E-state index >= 15 is 0 Å². The first-order chi connectivity index (χ1) is 10.5. The van der Waals surface area contributed by atoms with Crippen molar-refractivity contribution in [3.8, 4) is 17.2 Å². The zero-order chi connectivity index (χ0) is 16.5. The van der Waals surface area contributed by atoms with E-state index in [0.717, 1.165) is 12.1 Å². The van der Waals surface area contributed by atoms with Gasteiger partial charge in [-0.2, -0.15) is 0 Å². The van der Waals surface area contributed by atoms with Crippen LogP contribution in [0.25, 0.3) is 0 Å². The van der Waals surface area contributed by atoms with Crippen LogP contribution < -0.4 is 24.8 Å². The van der Waals surface area contributed by atoms with Crippen LogP contribution in [-0.2, 0) is 4.79 Å². The molecule has 1 unspecified atom stereocenters. The van der Waals surface area contributed by atoms with Gasteiger partial charge in [0, 0.05) is 36.8 Å². The summed E-state index contributed by atoms with van der Waals surface area (Å²) in [6.07, 6.45) is 1.33. The van der Waals surface area contributed by atoms with Crippen LogP contribution in [0.2, 0.25) is 0 Å². The third-order valence-corrected chi connectivity index (χ3v) is 3.37. The van der Waals surface area contributed by atoms with Crippen molar-refractivity contribution in [2.75, 3.05) is 33.2 Å². The second kappa shape index (κ2) is 9.02. The van der Waals surface area contributed by atoms with Crippen LogP contribution in [0.15, 0.2) is 12.1 Å². The zero-order valence-corrected chi connectivity index (χ0v) is 14.0. The number of nitrogens with one attached hydrogen (secondary N) is 2. The molecule has 0 spiro atoms. The Kier molecular flexibility index (Phi) is 7.36. The molecule has 124 valence electrons. The number of carbonyl (C=O) groups is 1. The Balaban J connectivity index is 2.64. The minimum absolute atomic E-state index is 0.0364. The second-order valence-electron chi connectivity index (χ2n) is 4.97. The van der Waals surface area contributed by atoms with E-state index in [9.17, 15) is 4.79 Å².